The maximum atomic E-state index is 13.6. The van der Waals surface area contributed by atoms with Gasteiger partial charge in [0.1, 0.15) is 23.9 Å². The predicted molar refractivity (Wildman–Crippen MR) is 109 cm³/mol. The van der Waals surface area contributed by atoms with Gasteiger partial charge in [-0.1, -0.05) is 30.3 Å². The maximum absolute atomic E-state index is 13.6. The first-order chi connectivity index (χ1) is 14.3. The average Bonchev–Trinajstić information content (AvgIpc) is 3.44. The fraction of sp³-hybridized carbons (Fsp3) is 0.0909. The van der Waals surface area contributed by atoms with Gasteiger partial charge in [0.25, 0.3) is 0 Å². The molecule has 2 aliphatic heterocycles. The number of hydrogen-bond acceptors (Lipinski definition) is 5. The van der Waals surface area contributed by atoms with Crippen LogP contribution in [0.1, 0.15) is 28.1 Å². The van der Waals surface area contributed by atoms with E-state index in [1.165, 1.54) is 18.5 Å². The summed E-state index contributed by atoms with van der Waals surface area (Å²) in [4.78, 5) is 5.50. The molecule has 7 heteroatoms. The Labute approximate surface area is 170 Å². The largest absolute Gasteiger partial charge is 0.480 e. The molecule has 4 aromatic rings. The Balaban J connectivity index is 1.64. The highest BCUT2D eigenvalue weighted by Gasteiger charge is 2.41. The van der Waals surface area contributed by atoms with Crippen LogP contribution < -0.4 is 10.1 Å². The van der Waals surface area contributed by atoms with Crippen molar-refractivity contribution in [2.45, 2.75) is 12.1 Å². The van der Waals surface area contributed by atoms with Crippen LogP contribution in [0.25, 0.3) is 5.70 Å². The SMILES string of the molecule is Fc1ccc([C@H]2C3=C(Nc4ncnn42)c2ccccc2O[C@H]3c2cccs2)cc1. The van der Waals surface area contributed by atoms with Gasteiger partial charge < -0.3 is 10.1 Å². The summed E-state index contributed by atoms with van der Waals surface area (Å²) in [5, 5.41) is 9.97. The van der Waals surface area contributed by atoms with E-state index in [4.69, 9.17) is 4.74 Å². The predicted octanol–water partition coefficient (Wildman–Crippen LogP) is 5.04. The van der Waals surface area contributed by atoms with Gasteiger partial charge in [-0.25, -0.2) is 9.07 Å². The van der Waals surface area contributed by atoms with Crippen LogP contribution in [-0.4, -0.2) is 14.8 Å². The van der Waals surface area contributed by atoms with E-state index in [2.05, 4.69) is 21.5 Å². The van der Waals surface area contributed by atoms with Crippen LogP contribution in [0.2, 0.25) is 0 Å². The molecule has 0 amide bonds. The van der Waals surface area contributed by atoms with Gasteiger partial charge in [-0.05, 0) is 41.3 Å². The molecule has 6 rings (SSSR count). The van der Waals surface area contributed by atoms with Gasteiger partial charge >= 0.3 is 0 Å². The van der Waals surface area contributed by atoms with Crippen LogP contribution in [0.3, 0.4) is 0 Å². The van der Waals surface area contributed by atoms with Crippen LogP contribution in [0.5, 0.6) is 5.75 Å². The Kier molecular flexibility index (Phi) is 3.57. The molecule has 2 aromatic carbocycles. The van der Waals surface area contributed by atoms with E-state index in [-0.39, 0.29) is 18.0 Å². The van der Waals surface area contributed by atoms with Gasteiger partial charge in [-0.3, -0.25) is 0 Å². The number of para-hydroxylation sites is 1. The van der Waals surface area contributed by atoms with Gasteiger partial charge in [0.05, 0.1) is 5.70 Å². The van der Waals surface area contributed by atoms with Crippen LogP contribution in [0.4, 0.5) is 10.3 Å². The maximum Gasteiger partial charge on any atom is 0.226 e. The Hall–Kier alpha value is -3.45. The lowest BCUT2D eigenvalue weighted by Crippen LogP contribution is -2.32. The number of halogens is 1. The minimum Gasteiger partial charge on any atom is -0.480 e. The molecule has 29 heavy (non-hydrogen) atoms. The summed E-state index contributed by atoms with van der Waals surface area (Å²) in [5.74, 6) is 1.21. The van der Waals surface area contributed by atoms with Crippen LogP contribution in [-0.2, 0) is 0 Å². The number of hydrogen-bond donors (Lipinski definition) is 1. The van der Waals surface area contributed by atoms with Crippen molar-refractivity contribution in [3.05, 3.63) is 99.8 Å². The van der Waals surface area contributed by atoms with Crippen LogP contribution in [0, 0.1) is 5.82 Å². The molecule has 2 aromatic heterocycles. The molecule has 0 spiro atoms. The Bertz CT molecular complexity index is 1230. The summed E-state index contributed by atoms with van der Waals surface area (Å²) in [7, 11) is 0. The lowest BCUT2D eigenvalue weighted by molar-refractivity contribution is 0.226. The normalized spacial score (nSPS) is 19.6. The summed E-state index contributed by atoms with van der Waals surface area (Å²) < 4.78 is 22.0. The highest BCUT2D eigenvalue weighted by atomic mass is 32.1. The molecular formula is C22H15FN4OS. The van der Waals surface area contributed by atoms with Crippen molar-refractivity contribution in [3.8, 4) is 5.75 Å². The van der Waals surface area contributed by atoms with Crippen molar-refractivity contribution in [3.63, 3.8) is 0 Å². The minimum atomic E-state index is -0.278. The fourth-order valence-electron chi connectivity index (χ4n) is 4.06. The zero-order chi connectivity index (χ0) is 19.4. The smallest absolute Gasteiger partial charge is 0.226 e. The van der Waals surface area contributed by atoms with Crippen molar-refractivity contribution in [1.82, 2.24) is 14.8 Å². The third kappa shape index (κ3) is 2.51. The summed E-state index contributed by atoms with van der Waals surface area (Å²) in [6, 6.07) is 18.4. The van der Waals surface area contributed by atoms with Gasteiger partial charge in [-0.15, -0.1) is 11.3 Å². The topological polar surface area (TPSA) is 52.0 Å². The van der Waals surface area contributed by atoms with Crippen LogP contribution >= 0.6 is 11.3 Å². The molecule has 0 unspecified atom stereocenters. The fourth-order valence-corrected chi connectivity index (χ4v) is 4.83. The van der Waals surface area contributed by atoms with Gasteiger partial charge in [0, 0.05) is 16.0 Å². The summed E-state index contributed by atoms with van der Waals surface area (Å²) in [6.45, 7) is 0. The molecule has 0 saturated carbocycles. The van der Waals surface area contributed by atoms with E-state index in [1.807, 2.05) is 40.4 Å². The first-order valence-electron chi connectivity index (χ1n) is 9.25. The van der Waals surface area contributed by atoms with Crippen molar-refractivity contribution in [2.75, 3.05) is 5.32 Å². The summed E-state index contributed by atoms with van der Waals surface area (Å²) in [6.07, 6.45) is 1.25. The average molecular weight is 402 g/mol. The monoisotopic (exact) mass is 402 g/mol. The van der Waals surface area contributed by atoms with Crippen molar-refractivity contribution < 1.29 is 9.13 Å². The van der Waals surface area contributed by atoms with E-state index >= 15 is 0 Å². The Morgan fingerprint density at radius 3 is 2.72 bits per heavy atom. The third-order valence-corrected chi connectivity index (χ3v) is 6.22. The molecule has 5 nitrogen and oxygen atoms in total. The quantitative estimate of drug-likeness (QED) is 0.510. The van der Waals surface area contributed by atoms with Gasteiger partial charge in [-0.2, -0.15) is 10.1 Å². The number of thiophene rings is 1. The second-order valence-electron chi connectivity index (χ2n) is 6.95. The van der Waals surface area contributed by atoms with Crippen molar-refractivity contribution in [2.24, 2.45) is 0 Å². The molecule has 142 valence electrons. The molecule has 0 fully saturated rings. The molecule has 1 N–H and O–H groups in total. The molecular weight excluding hydrogens is 387 g/mol. The molecule has 2 atom stereocenters. The molecule has 0 bridgehead atoms. The van der Waals surface area contributed by atoms with Crippen molar-refractivity contribution in [1.29, 1.82) is 0 Å². The second kappa shape index (κ2) is 6.28. The summed E-state index contributed by atoms with van der Waals surface area (Å²) >= 11 is 1.65. The number of aromatic nitrogens is 3. The minimum absolute atomic E-state index is 0.259. The van der Waals surface area contributed by atoms with E-state index < -0.39 is 0 Å². The second-order valence-corrected chi connectivity index (χ2v) is 7.93. The molecule has 0 aliphatic carbocycles. The zero-order valence-corrected chi connectivity index (χ0v) is 15.9. The number of ether oxygens (including phenoxy) is 1. The molecule has 2 aliphatic rings. The highest BCUT2D eigenvalue weighted by Crippen LogP contribution is 2.51. The Morgan fingerprint density at radius 1 is 1.03 bits per heavy atom. The van der Waals surface area contributed by atoms with Crippen LogP contribution in [0.15, 0.2) is 77.9 Å². The lowest BCUT2D eigenvalue weighted by atomic mass is 9.86. The highest BCUT2D eigenvalue weighted by molar-refractivity contribution is 7.10. The molecule has 0 radical (unpaired) electrons. The molecule has 0 saturated heterocycles. The number of anilines is 1. The first-order valence-corrected chi connectivity index (χ1v) is 10.1. The number of fused-ring (bicyclic) bond motifs is 3. The van der Waals surface area contributed by atoms with E-state index in [0.717, 1.165) is 33.0 Å². The van der Waals surface area contributed by atoms with E-state index in [9.17, 15) is 4.39 Å². The third-order valence-electron chi connectivity index (χ3n) is 5.31. The van der Waals surface area contributed by atoms with E-state index in [0.29, 0.717) is 5.95 Å². The number of rotatable bonds is 2. The first kappa shape index (κ1) is 16.5. The summed E-state index contributed by atoms with van der Waals surface area (Å²) in [5.41, 5.74) is 3.92. The van der Waals surface area contributed by atoms with E-state index in [1.54, 1.807) is 23.5 Å². The number of nitrogens with one attached hydrogen (secondary N) is 1. The molecule has 4 heterocycles. The lowest BCUT2D eigenvalue weighted by Gasteiger charge is -2.38. The Morgan fingerprint density at radius 2 is 1.90 bits per heavy atom. The standard InChI is InChI=1S/C22H15FN4OS/c23-14-9-7-13(8-10-14)20-18-19(26-22-24-12-25-27(20)22)15-4-1-2-5-16(15)28-21(18)17-6-3-11-29-17/h1-12,20-21H,(H,24,25,26)/t20-,21-/m0/s1. The van der Waals surface area contributed by atoms with Crippen molar-refractivity contribution >= 4 is 23.0 Å². The zero-order valence-electron chi connectivity index (χ0n) is 15.1. The van der Waals surface area contributed by atoms with Gasteiger partial charge in [0.2, 0.25) is 5.95 Å². The van der Waals surface area contributed by atoms with Gasteiger partial charge in [0.15, 0.2) is 6.10 Å². The number of nitrogens with zero attached hydrogens (tertiary/aromatic N) is 3. The number of benzene rings is 2.